The summed E-state index contributed by atoms with van der Waals surface area (Å²) in [6.07, 6.45) is 2.12. The van der Waals surface area contributed by atoms with Crippen molar-refractivity contribution >= 4 is 6.03 Å². The van der Waals surface area contributed by atoms with E-state index in [1.54, 1.807) is 0 Å². The number of piperidine rings is 1. The molecule has 3 rings (SSSR count). The molecular formula is C16H23N3O2. The van der Waals surface area contributed by atoms with E-state index in [1.807, 2.05) is 17.0 Å². The molecule has 0 atom stereocenters. The molecule has 1 aromatic carbocycles. The minimum absolute atomic E-state index is 0.101. The maximum absolute atomic E-state index is 11.7. The Morgan fingerprint density at radius 1 is 1.10 bits per heavy atom. The summed E-state index contributed by atoms with van der Waals surface area (Å²) < 4.78 is 0. The van der Waals surface area contributed by atoms with E-state index in [2.05, 4.69) is 22.3 Å². The number of hydrogen-bond acceptors (Lipinski definition) is 3. The minimum atomic E-state index is 0.101. The Labute approximate surface area is 125 Å². The van der Waals surface area contributed by atoms with Crippen molar-refractivity contribution in [2.45, 2.75) is 32.0 Å². The molecule has 2 aliphatic rings. The number of nitrogens with one attached hydrogen (secondary N) is 1. The monoisotopic (exact) mass is 289 g/mol. The summed E-state index contributed by atoms with van der Waals surface area (Å²) in [7, 11) is 0. The fourth-order valence-electron chi connectivity index (χ4n) is 3.23. The molecule has 0 aliphatic carbocycles. The molecule has 0 saturated carbocycles. The molecule has 0 unspecified atom stereocenters. The molecule has 2 heterocycles. The van der Waals surface area contributed by atoms with Crippen molar-refractivity contribution in [1.29, 1.82) is 0 Å². The lowest BCUT2D eigenvalue weighted by Crippen LogP contribution is -2.45. The molecule has 2 fully saturated rings. The third kappa shape index (κ3) is 3.36. The largest absolute Gasteiger partial charge is 0.392 e. The fraction of sp³-hybridized carbons (Fsp3) is 0.562. The van der Waals surface area contributed by atoms with Crippen molar-refractivity contribution in [3.8, 4) is 0 Å². The van der Waals surface area contributed by atoms with Gasteiger partial charge in [0.15, 0.2) is 0 Å². The number of aliphatic hydroxyl groups is 1. The number of likely N-dealkylation sites (tertiary alicyclic amines) is 1. The van der Waals surface area contributed by atoms with Gasteiger partial charge in [-0.2, -0.15) is 0 Å². The molecule has 5 heteroatoms. The lowest BCUT2D eigenvalue weighted by atomic mass is 10.0. The maximum Gasteiger partial charge on any atom is 0.317 e. The smallest absolute Gasteiger partial charge is 0.317 e. The number of nitrogens with zero attached hydrogens (tertiary/aromatic N) is 2. The summed E-state index contributed by atoms with van der Waals surface area (Å²) in [5.74, 6) is 0. The molecule has 114 valence electrons. The zero-order valence-corrected chi connectivity index (χ0v) is 12.3. The van der Waals surface area contributed by atoms with Crippen molar-refractivity contribution in [1.82, 2.24) is 15.1 Å². The molecule has 0 aromatic heterocycles. The van der Waals surface area contributed by atoms with E-state index in [9.17, 15) is 4.79 Å². The third-order valence-corrected chi connectivity index (χ3v) is 4.50. The van der Waals surface area contributed by atoms with Crippen LogP contribution in [0.3, 0.4) is 0 Å². The molecule has 2 N–H and O–H groups in total. The molecule has 0 radical (unpaired) electrons. The van der Waals surface area contributed by atoms with Gasteiger partial charge in [0, 0.05) is 38.8 Å². The lowest BCUT2D eigenvalue weighted by Gasteiger charge is -2.36. The van der Waals surface area contributed by atoms with Gasteiger partial charge in [-0.15, -0.1) is 0 Å². The standard InChI is InChI=1S/C16H23N3O2/c20-12-14-3-1-13(2-4-14)11-18-8-5-15(6-9-18)19-10-7-17-16(19)21/h1-4,15,20H,5-12H2,(H,17,21). The number of amides is 2. The minimum Gasteiger partial charge on any atom is -0.392 e. The van der Waals surface area contributed by atoms with Crippen molar-refractivity contribution in [3.63, 3.8) is 0 Å². The van der Waals surface area contributed by atoms with Crippen LogP contribution in [0.1, 0.15) is 24.0 Å². The van der Waals surface area contributed by atoms with E-state index in [0.717, 1.165) is 51.1 Å². The SMILES string of the molecule is O=C1NCCN1C1CCN(Cc2ccc(CO)cc2)CC1. The zero-order valence-electron chi connectivity index (χ0n) is 12.3. The third-order valence-electron chi connectivity index (χ3n) is 4.50. The van der Waals surface area contributed by atoms with Gasteiger partial charge in [0.05, 0.1) is 6.61 Å². The molecule has 5 nitrogen and oxygen atoms in total. The summed E-state index contributed by atoms with van der Waals surface area (Å²) >= 11 is 0. The van der Waals surface area contributed by atoms with Gasteiger partial charge in [-0.3, -0.25) is 4.90 Å². The fourth-order valence-corrected chi connectivity index (χ4v) is 3.23. The van der Waals surface area contributed by atoms with E-state index in [4.69, 9.17) is 5.11 Å². The number of benzene rings is 1. The normalized spacial score (nSPS) is 20.8. The van der Waals surface area contributed by atoms with Gasteiger partial charge in [-0.25, -0.2) is 4.79 Å². The molecule has 2 amide bonds. The first-order valence-electron chi connectivity index (χ1n) is 7.72. The Hall–Kier alpha value is -1.59. The van der Waals surface area contributed by atoms with Crippen LogP contribution in [-0.2, 0) is 13.2 Å². The van der Waals surface area contributed by atoms with Gasteiger partial charge < -0.3 is 15.3 Å². The Balaban J connectivity index is 1.50. The molecule has 0 spiro atoms. The van der Waals surface area contributed by atoms with Crippen molar-refractivity contribution in [2.24, 2.45) is 0 Å². The number of carbonyl (C=O) groups excluding carboxylic acids is 1. The van der Waals surface area contributed by atoms with Crippen LogP contribution < -0.4 is 5.32 Å². The maximum atomic E-state index is 11.7. The van der Waals surface area contributed by atoms with Crippen LogP contribution in [0.4, 0.5) is 4.79 Å². The number of rotatable bonds is 4. The summed E-state index contributed by atoms with van der Waals surface area (Å²) in [5, 5.41) is 11.9. The van der Waals surface area contributed by atoms with E-state index in [-0.39, 0.29) is 12.6 Å². The second-order valence-electron chi connectivity index (χ2n) is 5.91. The van der Waals surface area contributed by atoms with E-state index in [0.29, 0.717) is 6.04 Å². The molecule has 1 aromatic rings. The van der Waals surface area contributed by atoms with Crippen molar-refractivity contribution in [3.05, 3.63) is 35.4 Å². The van der Waals surface area contributed by atoms with Crippen LogP contribution in [0.25, 0.3) is 0 Å². The average Bonchev–Trinajstić information content (AvgIpc) is 2.95. The van der Waals surface area contributed by atoms with Gasteiger partial charge >= 0.3 is 6.03 Å². The summed E-state index contributed by atoms with van der Waals surface area (Å²) in [6.45, 7) is 4.77. The number of aliphatic hydroxyl groups excluding tert-OH is 1. The predicted octanol–water partition coefficient (Wildman–Crippen LogP) is 1.17. The van der Waals surface area contributed by atoms with E-state index >= 15 is 0 Å². The highest BCUT2D eigenvalue weighted by molar-refractivity contribution is 5.76. The van der Waals surface area contributed by atoms with Crippen LogP contribution in [-0.4, -0.2) is 53.2 Å². The van der Waals surface area contributed by atoms with Crippen LogP contribution in [0.15, 0.2) is 24.3 Å². The first-order chi connectivity index (χ1) is 10.3. The second kappa shape index (κ2) is 6.45. The Morgan fingerprint density at radius 3 is 2.33 bits per heavy atom. The van der Waals surface area contributed by atoms with Crippen LogP contribution in [0, 0.1) is 0 Å². The molecule has 0 bridgehead atoms. The number of hydrogen-bond donors (Lipinski definition) is 2. The Morgan fingerprint density at radius 2 is 1.76 bits per heavy atom. The average molecular weight is 289 g/mol. The number of carbonyl (C=O) groups is 1. The van der Waals surface area contributed by atoms with Crippen molar-refractivity contribution < 1.29 is 9.90 Å². The first kappa shape index (κ1) is 14.4. The highest BCUT2D eigenvalue weighted by atomic mass is 16.3. The topological polar surface area (TPSA) is 55.8 Å². The van der Waals surface area contributed by atoms with Crippen LogP contribution in [0.5, 0.6) is 0 Å². The lowest BCUT2D eigenvalue weighted by molar-refractivity contribution is 0.132. The molecule has 2 aliphatic heterocycles. The van der Waals surface area contributed by atoms with Crippen LogP contribution in [0.2, 0.25) is 0 Å². The van der Waals surface area contributed by atoms with Crippen LogP contribution >= 0.6 is 0 Å². The van der Waals surface area contributed by atoms with E-state index < -0.39 is 0 Å². The number of urea groups is 1. The Bertz CT molecular complexity index is 481. The summed E-state index contributed by atoms with van der Waals surface area (Å²) in [5.41, 5.74) is 2.24. The first-order valence-corrected chi connectivity index (χ1v) is 7.72. The second-order valence-corrected chi connectivity index (χ2v) is 5.91. The molecular weight excluding hydrogens is 266 g/mol. The summed E-state index contributed by atoms with van der Waals surface area (Å²) in [6, 6.07) is 8.65. The van der Waals surface area contributed by atoms with Gasteiger partial charge in [-0.05, 0) is 24.0 Å². The van der Waals surface area contributed by atoms with Gasteiger partial charge in [0.1, 0.15) is 0 Å². The van der Waals surface area contributed by atoms with Gasteiger partial charge in [-0.1, -0.05) is 24.3 Å². The van der Waals surface area contributed by atoms with Gasteiger partial charge in [0.2, 0.25) is 0 Å². The van der Waals surface area contributed by atoms with Gasteiger partial charge in [0.25, 0.3) is 0 Å². The highest BCUT2D eigenvalue weighted by Crippen LogP contribution is 2.20. The quantitative estimate of drug-likeness (QED) is 0.875. The van der Waals surface area contributed by atoms with Crippen molar-refractivity contribution in [2.75, 3.05) is 26.2 Å². The zero-order chi connectivity index (χ0) is 14.7. The summed E-state index contributed by atoms with van der Waals surface area (Å²) in [4.78, 5) is 16.1. The molecule has 2 saturated heterocycles. The Kier molecular flexibility index (Phi) is 4.41. The predicted molar refractivity (Wildman–Crippen MR) is 80.8 cm³/mol. The molecule has 21 heavy (non-hydrogen) atoms. The van der Waals surface area contributed by atoms with E-state index in [1.165, 1.54) is 5.56 Å². The highest BCUT2D eigenvalue weighted by Gasteiger charge is 2.30.